The zero-order valence-electron chi connectivity index (χ0n) is 15.7. The van der Waals surface area contributed by atoms with Gasteiger partial charge in [-0.2, -0.15) is 0 Å². The summed E-state index contributed by atoms with van der Waals surface area (Å²) < 4.78 is 32.6. The lowest BCUT2D eigenvalue weighted by atomic mass is 10.2. The molecule has 1 aliphatic heterocycles. The number of ether oxygens (including phenoxy) is 1. The molecular weight excluding hydrogens is 402 g/mol. The lowest BCUT2D eigenvalue weighted by Gasteiger charge is -2.34. The van der Waals surface area contributed by atoms with Crippen LogP contribution in [0, 0.1) is 0 Å². The number of methoxy groups -OCH3 is 1. The van der Waals surface area contributed by atoms with Gasteiger partial charge in [-0.1, -0.05) is 11.6 Å². The largest absolute Gasteiger partial charge is 0.465 e. The van der Waals surface area contributed by atoms with E-state index in [4.69, 9.17) is 11.6 Å². The van der Waals surface area contributed by atoms with Gasteiger partial charge in [0.2, 0.25) is 0 Å². The zero-order valence-corrected chi connectivity index (χ0v) is 17.3. The van der Waals surface area contributed by atoms with Gasteiger partial charge in [0, 0.05) is 37.6 Å². The number of esters is 1. The topological polar surface area (TPSA) is 78.9 Å². The Labute approximate surface area is 169 Å². The summed E-state index contributed by atoms with van der Waals surface area (Å²) in [5.41, 5.74) is 1.57. The molecule has 0 unspecified atom stereocenters. The van der Waals surface area contributed by atoms with E-state index < -0.39 is 16.0 Å². The minimum atomic E-state index is -3.96. The number of rotatable bonds is 5. The molecule has 0 aromatic heterocycles. The number of hydrogen-bond acceptors (Lipinski definition) is 6. The molecule has 9 heteroatoms. The first kappa shape index (κ1) is 20.4. The van der Waals surface area contributed by atoms with Crippen molar-refractivity contribution < 1.29 is 17.9 Å². The van der Waals surface area contributed by atoms with Crippen LogP contribution in [-0.2, 0) is 14.8 Å². The molecule has 0 bridgehead atoms. The molecule has 2 aromatic carbocycles. The summed E-state index contributed by atoms with van der Waals surface area (Å²) in [6, 6.07) is 11.2. The molecule has 0 spiro atoms. The third-order valence-corrected chi connectivity index (χ3v) is 6.49. The van der Waals surface area contributed by atoms with E-state index in [1.54, 1.807) is 12.1 Å². The van der Waals surface area contributed by atoms with E-state index >= 15 is 0 Å². The van der Waals surface area contributed by atoms with Gasteiger partial charge in [0.25, 0.3) is 10.0 Å². The molecule has 0 radical (unpaired) electrons. The van der Waals surface area contributed by atoms with E-state index in [0.29, 0.717) is 5.69 Å². The van der Waals surface area contributed by atoms with E-state index in [1.165, 1.54) is 25.3 Å². The minimum absolute atomic E-state index is 0.0224. The van der Waals surface area contributed by atoms with Crippen molar-refractivity contribution in [3.63, 3.8) is 0 Å². The van der Waals surface area contributed by atoms with Crippen molar-refractivity contribution in [1.29, 1.82) is 0 Å². The Morgan fingerprint density at radius 2 is 1.71 bits per heavy atom. The van der Waals surface area contributed by atoms with Gasteiger partial charge >= 0.3 is 5.97 Å². The predicted octanol–water partition coefficient (Wildman–Crippen LogP) is 2.68. The third kappa shape index (κ3) is 4.57. The lowest BCUT2D eigenvalue weighted by Crippen LogP contribution is -2.44. The smallest absolute Gasteiger partial charge is 0.337 e. The second kappa shape index (κ2) is 8.38. The molecule has 150 valence electrons. The van der Waals surface area contributed by atoms with E-state index in [-0.39, 0.29) is 15.5 Å². The van der Waals surface area contributed by atoms with Crippen molar-refractivity contribution in [3.05, 3.63) is 53.1 Å². The van der Waals surface area contributed by atoms with E-state index in [9.17, 15) is 13.2 Å². The average Bonchev–Trinajstić information content (AvgIpc) is 2.68. The maximum Gasteiger partial charge on any atom is 0.337 e. The predicted molar refractivity (Wildman–Crippen MR) is 110 cm³/mol. The highest BCUT2D eigenvalue weighted by molar-refractivity contribution is 7.92. The highest BCUT2D eigenvalue weighted by Gasteiger charge is 2.21. The molecule has 0 saturated carbocycles. The van der Waals surface area contributed by atoms with Crippen LogP contribution in [0.1, 0.15) is 10.4 Å². The number of carbonyl (C=O) groups is 1. The van der Waals surface area contributed by atoms with Crippen molar-refractivity contribution in [1.82, 2.24) is 4.90 Å². The SMILES string of the molecule is COC(=O)c1ccc(Cl)c(S(=O)(=O)Nc2ccc(N3CCN(C)CC3)cc2)c1. The van der Waals surface area contributed by atoms with Gasteiger partial charge in [-0.25, -0.2) is 13.2 Å². The Kier molecular flexibility index (Phi) is 6.12. The molecule has 0 amide bonds. The van der Waals surface area contributed by atoms with Crippen LogP contribution in [0.15, 0.2) is 47.4 Å². The Morgan fingerprint density at radius 3 is 2.32 bits per heavy atom. The monoisotopic (exact) mass is 423 g/mol. The number of sulfonamides is 1. The van der Waals surface area contributed by atoms with Crippen molar-refractivity contribution in [2.24, 2.45) is 0 Å². The highest BCUT2D eigenvalue weighted by Crippen LogP contribution is 2.26. The Balaban J connectivity index is 1.78. The standard InChI is InChI=1S/C19H22ClN3O4S/c1-22-9-11-23(12-10-22)16-6-4-15(5-7-16)21-28(25,26)18-13-14(19(24)27-2)3-8-17(18)20/h3-8,13,21H,9-12H2,1-2H3. The number of nitrogens with zero attached hydrogens (tertiary/aromatic N) is 2. The zero-order chi connectivity index (χ0) is 20.3. The van der Waals surface area contributed by atoms with Crippen LogP contribution in [0.5, 0.6) is 0 Å². The summed E-state index contributed by atoms with van der Waals surface area (Å²) >= 11 is 6.05. The van der Waals surface area contributed by atoms with Crippen LogP contribution in [0.4, 0.5) is 11.4 Å². The molecule has 28 heavy (non-hydrogen) atoms. The average molecular weight is 424 g/mol. The second-order valence-corrected chi connectivity index (χ2v) is 8.64. The maximum absolute atomic E-state index is 12.7. The van der Waals surface area contributed by atoms with Crippen LogP contribution in [0.3, 0.4) is 0 Å². The lowest BCUT2D eigenvalue weighted by molar-refractivity contribution is 0.0600. The van der Waals surface area contributed by atoms with Crippen molar-refractivity contribution in [3.8, 4) is 0 Å². The number of likely N-dealkylation sites (N-methyl/N-ethyl adjacent to an activating group) is 1. The maximum atomic E-state index is 12.7. The number of hydrogen-bond donors (Lipinski definition) is 1. The van der Waals surface area contributed by atoms with Crippen molar-refractivity contribution in [2.45, 2.75) is 4.90 Å². The van der Waals surface area contributed by atoms with Crippen LogP contribution in [-0.4, -0.2) is 59.6 Å². The third-order valence-electron chi connectivity index (χ3n) is 4.63. The number of piperazine rings is 1. The number of carbonyl (C=O) groups excluding carboxylic acids is 1. The van der Waals surface area contributed by atoms with E-state index in [1.807, 2.05) is 12.1 Å². The first-order valence-corrected chi connectivity index (χ1v) is 10.6. The van der Waals surface area contributed by atoms with E-state index in [2.05, 4.69) is 26.3 Å². The Bertz CT molecular complexity index is 956. The highest BCUT2D eigenvalue weighted by atomic mass is 35.5. The fraction of sp³-hybridized carbons (Fsp3) is 0.316. The Hall–Kier alpha value is -2.29. The number of halogens is 1. The fourth-order valence-electron chi connectivity index (χ4n) is 2.97. The number of nitrogens with one attached hydrogen (secondary N) is 1. The summed E-state index contributed by atoms with van der Waals surface area (Å²) in [5, 5.41) is 0.0224. The van der Waals surface area contributed by atoms with Gasteiger partial charge in [0.05, 0.1) is 17.7 Å². The molecule has 0 atom stereocenters. The normalized spacial score (nSPS) is 15.3. The van der Waals surface area contributed by atoms with Crippen LogP contribution >= 0.6 is 11.6 Å². The van der Waals surface area contributed by atoms with Crippen LogP contribution in [0.2, 0.25) is 5.02 Å². The van der Waals surface area contributed by atoms with Gasteiger partial charge in [-0.3, -0.25) is 4.72 Å². The van der Waals surface area contributed by atoms with Gasteiger partial charge < -0.3 is 14.5 Å². The van der Waals surface area contributed by atoms with Gasteiger partial charge in [0.1, 0.15) is 4.90 Å². The molecule has 3 rings (SSSR count). The molecule has 2 aromatic rings. The quantitative estimate of drug-likeness (QED) is 0.745. The summed E-state index contributed by atoms with van der Waals surface area (Å²) in [7, 11) is -0.643. The molecule has 0 aliphatic carbocycles. The summed E-state index contributed by atoms with van der Waals surface area (Å²) in [6.45, 7) is 3.84. The Morgan fingerprint density at radius 1 is 1.07 bits per heavy atom. The number of anilines is 2. The minimum Gasteiger partial charge on any atom is -0.465 e. The van der Waals surface area contributed by atoms with Gasteiger partial charge in [0.15, 0.2) is 0 Å². The fourth-order valence-corrected chi connectivity index (χ4v) is 4.55. The molecule has 1 N–H and O–H groups in total. The molecule has 7 nitrogen and oxygen atoms in total. The number of benzene rings is 2. The molecule has 1 aliphatic rings. The van der Waals surface area contributed by atoms with Crippen molar-refractivity contribution >= 4 is 39.0 Å². The molecular formula is C19H22ClN3O4S. The summed E-state index contributed by atoms with van der Waals surface area (Å²) in [6.07, 6.45) is 0. The second-order valence-electron chi connectivity index (χ2n) is 6.58. The first-order chi connectivity index (χ1) is 13.3. The van der Waals surface area contributed by atoms with E-state index in [0.717, 1.165) is 31.9 Å². The van der Waals surface area contributed by atoms with Gasteiger partial charge in [-0.15, -0.1) is 0 Å². The van der Waals surface area contributed by atoms with Gasteiger partial charge in [-0.05, 0) is 49.5 Å². The van der Waals surface area contributed by atoms with Crippen LogP contribution < -0.4 is 9.62 Å². The van der Waals surface area contributed by atoms with Crippen molar-refractivity contribution in [2.75, 3.05) is 50.0 Å². The summed E-state index contributed by atoms with van der Waals surface area (Å²) in [4.78, 5) is 16.0. The van der Waals surface area contributed by atoms with Crippen LogP contribution in [0.25, 0.3) is 0 Å². The first-order valence-electron chi connectivity index (χ1n) is 8.74. The molecule has 1 saturated heterocycles. The summed E-state index contributed by atoms with van der Waals surface area (Å²) in [5.74, 6) is -0.635. The molecule has 1 heterocycles. The molecule has 1 fully saturated rings.